The zero-order valence-electron chi connectivity index (χ0n) is 8.64. The molecule has 1 rings (SSSR count). The second-order valence-electron chi connectivity index (χ2n) is 3.23. The van der Waals surface area contributed by atoms with Crippen LogP contribution in [0.5, 0.6) is 0 Å². The smallest absolute Gasteiger partial charge is 0.351 e. The lowest BCUT2D eigenvalue weighted by Gasteiger charge is -2.13. The van der Waals surface area contributed by atoms with Gasteiger partial charge in [-0.1, -0.05) is 15.9 Å². The zero-order chi connectivity index (χ0) is 13.1. The van der Waals surface area contributed by atoms with Crippen LogP contribution in [0, 0.1) is 0 Å². The highest BCUT2D eigenvalue weighted by molar-refractivity contribution is 9.10. The number of hydrogen-bond donors (Lipinski definition) is 2. The van der Waals surface area contributed by atoms with Crippen LogP contribution in [0.3, 0.4) is 0 Å². The van der Waals surface area contributed by atoms with Gasteiger partial charge >= 0.3 is 6.18 Å². The van der Waals surface area contributed by atoms with E-state index in [4.69, 9.17) is 5.73 Å². The summed E-state index contributed by atoms with van der Waals surface area (Å²) in [5.74, 6) is -0.782. The fraction of sp³-hybridized carbons (Fsp3) is 0.300. The first-order valence-electron chi connectivity index (χ1n) is 4.71. The van der Waals surface area contributed by atoms with Crippen molar-refractivity contribution in [2.75, 3.05) is 13.1 Å². The van der Waals surface area contributed by atoms with Crippen LogP contribution >= 0.6 is 15.9 Å². The molecular formula is C10H10BrF3N2O. The van der Waals surface area contributed by atoms with Crippen LogP contribution in [0.25, 0.3) is 0 Å². The summed E-state index contributed by atoms with van der Waals surface area (Å²) < 4.78 is 38.3. The maximum atomic E-state index is 12.7. The maximum absolute atomic E-state index is 12.7. The van der Waals surface area contributed by atoms with Gasteiger partial charge in [0.15, 0.2) is 0 Å². The first-order chi connectivity index (χ1) is 7.86. The van der Waals surface area contributed by atoms with E-state index in [9.17, 15) is 18.0 Å². The number of nitrogens with one attached hydrogen (secondary N) is 1. The van der Waals surface area contributed by atoms with Crippen molar-refractivity contribution in [1.82, 2.24) is 5.32 Å². The van der Waals surface area contributed by atoms with Gasteiger partial charge in [-0.05, 0) is 18.2 Å². The molecule has 0 aromatic heterocycles. The van der Waals surface area contributed by atoms with Crippen molar-refractivity contribution in [2.24, 2.45) is 5.73 Å². The van der Waals surface area contributed by atoms with Gasteiger partial charge in [0, 0.05) is 17.6 Å². The van der Waals surface area contributed by atoms with E-state index in [1.807, 2.05) is 0 Å². The van der Waals surface area contributed by atoms with E-state index in [1.54, 1.807) is 0 Å². The Balaban J connectivity index is 3.11. The topological polar surface area (TPSA) is 55.1 Å². The predicted octanol–water partition coefficient (Wildman–Crippen LogP) is 2.16. The van der Waals surface area contributed by atoms with Gasteiger partial charge in [0.05, 0.1) is 11.1 Å². The highest BCUT2D eigenvalue weighted by Gasteiger charge is 2.35. The Kier molecular flexibility index (Phi) is 4.53. The van der Waals surface area contributed by atoms with Crippen LogP contribution in [-0.4, -0.2) is 19.0 Å². The van der Waals surface area contributed by atoms with Crippen LogP contribution in [0.15, 0.2) is 22.7 Å². The number of carbonyl (C=O) groups is 1. The Hall–Kier alpha value is -1.08. The van der Waals surface area contributed by atoms with E-state index in [2.05, 4.69) is 21.2 Å². The van der Waals surface area contributed by atoms with Gasteiger partial charge in [-0.3, -0.25) is 4.79 Å². The van der Waals surface area contributed by atoms with Gasteiger partial charge in [0.25, 0.3) is 5.91 Å². The molecule has 94 valence electrons. The number of hydrogen-bond acceptors (Lipinski definition) is 2. The lowest BCUT2D eigenvalue weighted by Crippen LogP contribution is -2.30. The summed E-state index contributed by atoms with van der Waals surface area (Å²) in [7, 11) is 0. The fourth-order valence-electron chi connectivity index (χ4n) is 1.23. The van der Waals surface area contributed by atoms with Crippen LogP contribution in [0.2, 0.25) is 0 Å². The quantitative estimate of drug-likeness (QED) is 0.899. The van der Waals surface area contributed by atoms with E-state index in [1.165, 1.54) is 6.07 Å². The third-order valence-electron chi connectivity index (χ3n) is 1.96. The zero-order valence-corrected chi connectivity index (χ0v) is 10.2. The molecule has 0 aliphatic carbocycles. The minimum absolute atomic E-state index is 0.131. The molecule has 0 saturated heterocycles. The fourth-order valence-corrected chi connectivity index (χ4v) is 1.59. The molecule has 0 radical (unpaired) electrons. The first kappa shape index (κ1) is 14.0. The second-order valence-corrected chi connectivity index (χ2v) is 4.15. The molecule has 0 bridgehead atoms. The van der Waals surface area contributed by atoms with Crippen LogP contribution in [0.1, 0.15) is 15.9 Å². The summed E-state index contributed by atoms with van der Waals surface area (Å²) in [6, 6.07) is 3.38. The molecule has 0 fully saturated rings. The molecule has 0 atom stereocenters. The lowest BCUT2D eigenvalue weighted by molar-refractivity contribution is -0.138. The molecule has 1 amide bonds. The lowest BCUT2D eigenvalue weighted by atomic mass is 10.1. The largest absolute Gasteiger partial charge is 0.417 e. The Bertz CT molecular complexity index is 421. The third kappa shape index (κ3) is 3.71. The number of amides is 1. The number of alkyl halides is 3. The van der Waals surface area contributed by atoms with Crippen LogP contribution in [-0.2, 0) is 6.18 Å². The van der Waals surface area contributed by atoms with Crippen molar-refractivity contribution in [2.45, 2.75) is 6.18 Å². The Labute approximate surface area is 104 Å². The average molecular weight is 311 g/mol. The second kappa shape index (κ2) is 5.50. The molecule has 0 saturated carbocycles. The summed E-state index contributed by atoms with van der Waals surface area (Å²) >= 11 is 2.94. The van der Waals surface area contributed by atoms with E-state index < -0.39 is 23.2 Å². The van der Waals surface area contributed by atoms with E-state index >= 15 is 0 Å². The number of rotatable bonds is 3. The van der Waals surface area contributed by atoms with Gasteiger partial charge in [0.2, 0.25) is 0 Å². The number of benzene rings is 1. The van der Waals surface area contributed by atoms with Crippen molar-refractivity contribution in [3.63, 3.8) is 0 Å². The molecule has 1 aromatic rings. The SMILES string of the molecule is NCCNC(=O)c1ccc(Br)cc1C(F)(F)F. The molecule has 0 aliphatic heterocycles. The highest BCUT2D eigenvalue weighted by atomic mass is 79.9. The van der Waals surface area contributed by atoms with E-state index in [0.717, 1.165) is 12.1 Å². The Morgan fingerprint density at radius 2 is 2.06 bits per heavy atom. The normalized spacial score (nSPS) is 11.4. The summed E-state index contributed by atoms with van der Waals surface area (Å²) in [5.41, 5.74) is 3.78. The van der Waals surface area contributed by atoms with Crippen molar-refractivity contribution in [1.29, 1.82) is 0 Å². The molecule has 0 heterocycles. The molecular weight excluding hydrogens is 301 g/mol. The maximum Gasteiger partial charge on any atom is 0.417 e. The Morgan fingerprint density at radius 3 is 2.59 bits per heavy atom. The number of nitrogens with two attached hydrogens (primary N) is 1. The molecule has 0 unspecified atom stereocenters. The molecule has 7 heteroatoms. The number of carbonyl (C=O) groups excluding carboxylic acids is 1. The van der Waals surface area contributed by atoms with Gasteiger partial charge in [0.1, 0.15) is 0 Å². The molecule has 17 heavy (non-hydrogen) atoms. The first-order valence-corrected chi connectivity index (χ1v) is 5.50. The molecule has 3 nitrogen and oxygen atoms in total. The van der Waals surface area contributed by atoms with Gasteiger partial charge in [-0.25, -0.2) is 0 Å². The molecule has 3 N–H and O–H groups in total. The molecule has 0 aliphatic rings. The van der Waals surface area contributed by atoms with Crippen LogP contribution < -0.4 is 11.1 Å². The minimum Gasteiger partial charge on any atom is -0.351 e. The monoisotopic (exact) mass is 310 g/mol. The Morgan fingerprint density at radius 1 is 1.41 bits per heavy atom. The highest BCUT2D eigenvalue weighted by Crippen LogP contribution is 2.33. The van der Waals surface area contributed by atoms with E-state index in [0.29, 0.717) is 0 Å². The predicted molar refractivity (Wildman–Crippen MR) is 60.5 cm³/mol. The molecule has 1 aromatic carbocycles. The van der Waals surface area contributed by atoms with Crippen molar-refractivity contribution < 1.29 is 18.0 Å². The van der Waals surface area contributed by atoms with E-state index in [-0.39, 0.29) is 17.6 Å². The van der Waals surface area contributed by atoms with Gasteiger partial charge in [-0.15, -0.1) is 0 Å². The summed E-state index contributed by atoms with van der Waals surface area (Å²) in [6.07, 6.45) is -4.57. The van der Waals surface area contributed by atoms with Gasteiger partial charge < -0.3 is 11.1 Å². The van der Waals surface area contributed by atoms with Crippen molar-refractivity contribution in [3.05, 3.63) is 33.8 Å². The summed E-state index contributed by atoms with van der Waals surface area (Å²) in [5, 5.41) is 2.30. The standard InChI is InChI=1S/C10H10BrF3N2O/c11-6-1-2-7(9(17)16-4-3-15)8(5-6)10(12,13)14/h1-2,5H,3-4,15H2,(H,16,17). The minimum atomic E-state index is -4.57. The number of halogens is 4. The van der Waals surface area contributed by atoms with Crippen LogP contribution in [0.4, 0.5) is 13.2 Å². The van der Waals surface area contributed by atoms with Crippen molar-refractivity contribution in [3.8, 4) is 0 Å². The third-order valence-corrected chi connectivity index (χ3v) is 2.45. The average Bonchev–Trinajstić information content (AvgIpc) is 2.24. The molecule has 0 spiro atoms. The van der Waals surface area contributed by atoms with Gasteiger partial charge in [-0.2, -0.15) is 13.2 Å². The summed E-state index contributed by atoms with van der Waals surface area (Å²) in [4.78, 5) is 11.5. The summed E-state index contributed by atoms with van der Waals surface area (Å²) in [6.45, 7) is 0.301. The van der Waals surface area contributed by atoms with Crippen molar-refractivity contribution >= 4 is 21.8 Å².